The van der Waals surface area contributed by atoms with Crippen molar-refractivity contribution in [2.45, 2.75) is 12.5 Å². The molecule has 0 bridgehead atoms. The molecule has 4 aromatic rings. The molecule has 1 atom stereocenters. The van der Waals surface area contributed by atoms with Crippen LogP contribution >= 0.6 is 0 Å². The van der Waals surface area contributed by atoms with Gasteiger partial charge in [-0.3, -0.25) is 9.59 Å². The summed E-state index contributed by atoms with van der Waals surface area (Å²) in [6.45, 7) is -0.193. The maximum atomic E-state index is 13.3. The zero-order chi connectivity index (χ0) is 24.2. The second-order valence-electron chi connectivity index (χ2n) is 8.28. The van der Waals surface area contributed by atoms with E-state index in [0.29, 0.717) is 17.7 Å². The van der Waals surface area contributed by atoms with E-state index in [2.05, 4.69) is 18.2 Å². The third-order valence-corrected chi connectivity index (χ3v) is 6.12. The topological polar surface area (TPSA) is 68.2 Å². The van der Waals surface area contributed by atoms with Gasteiger partial charge >= 0.3 is 0 Å². The first-order valence-electron chi connectivity index (χ1n) is 11.4. The molecule has 0 N–H and O–H groups in total. The first kappa shape index (κ1) is 22.3. The highest BCUT2D eigenvalue weighted by atomic mass is 16.5. The predicted molar refractivity (Wildman–Crippen MR) is 135 cm³/mol. The molecule has 0 saturated carbocycles. The van der Waals surface area contributed by atoms with E-state index >= 15 is 0 Å². The van der Waals surface area contributed by atoms with E-state index in [1.165, 1.54) is 5.01 Å². The van der Waals surface area contributed by atoms with E-state index in [1.807, 2.05) is 48.5 Å². The fourth-order valence-electron chi connectivity index (χ4n) is 4.35. The van der Waals surface area contributed by atoms with Crippen molar-refractivity contribution >= 4 is 28.7 Å². The highest BCUT2D eigenvalue weighted by Gasteiger charge is 2.33. The third kappa shape index (κ3) is 4.64. The van der Waals surface area contributed by atoms with Crippen LogP contribution in [0.4, 0.5) is 0 Å². The van der Waals surface area contributed by atoms with Gasteiger partial charge in [0.15, 0.2) is 6.61 Å². The lowest BCUT2D eigenvalue weighted by molar-refractivity contribution is -0.135. The normalized spacial score (nSPS) is 15.1. The van der Waals surface area contributed by atoms with Gasteiger partial charge in [-0.1, -0.05) is 66.7 Å². The zero-order valence-corrected chi connectivity index (χ0v) is 19.3. The number of fused-ring (bicyclic) bond motifs is 1. The lowest BCUT2D eigenvalue weighted by Crippen LogP contribution is -2.31. The Morgan fingerprint density at radius 3 is 2.54 bits per heavy atom. The van der Waals surface area contributed by atoms with Gasteiger partial charge in [0.05, 0.1) is 18.9 Å². The second kappa shape index (κ2) is 9.81. The summed E-state index contributed by atoms with van der Waals surface area (Å²) < 4.78 is 11.0. The summed E-state index contributed by atoms with van der Waals surface area (Å²) in [5.41, 5.74) is 3.31. The van der Waals surface area contributed by atoms with E-state index in [9.17, 15) is 9.59 Å². The molecule has 0 spiro atoms. The average Bonchev–Trinajstić information content (AvgIpc) is 3.37. The number of aldehydes is 1. The van der Waals surface area contributed by atoms with Crippen LogP contribution in [0.1, 0.15) is 33.9 Å². The average molecular weight is 465 g/mol. The van der Waals surface area contributed by atoms with Crippen LogP contribution in [-0.2, 0) is 4.79 Å². The molecule has 6 nitrogen and oxygen atoms in total. The number of carbonyl (C=O) groups excluding carboxylic acids is 2. The number of hydrogen-bond acceptors (Lipinski definition) is 5. The number of amides is 1. The van der Waals surface area contributed by atoms with E-state index in [4.69, 9.17) is 14.6 Å². The number of nitrogens with zero attached hydrogens (tertiary/aromatic N) is 2. The highest BCUT2D eigenvalue weighted by Crippen LogP contribution is 2.35. The summed E-state index contributed by atoms with van der Waals surface area (Å²) in [5, 5.41) is 8.52. The molecule has 0 radical (unpaired) electrons. The van der Waals surface area contributed by atoms with Crippen molar-refractivity contribution in [2.24, 2.45) is 5.10 Å². The Bertz CT molecular complexity index is 1410. The van der Waals surface area contributed by atoms with Crippen molar-refractivity contribution in [3.63, 3.8) is 0 Å². The lowest BCUT2D eigenvalue weighted by atomic mass is 9.95. The number of hydrazone groups is 1. The molecular weight excluding hydrogens is 440 g/mol. The van der Waals surface area contributed by atoms with Crippen LogP contribution in [-0.4, -0.2) is 36.6 Å². The van der Waals surface area contributed by atoms with Crippen molar-refractivity contribution in [1.29, 1.82) is 0 Å². The van der Waals surface area contributed by atoms with Crippen LogP contribution in [0.5, 0.6) is 11.5 Å². The molecule has 174 valence electrons. The minimum Gasteiger partial charge on any atom is -0.497 e. The lowest BCUT2D eigenvalue weighted by Gasteiger charge is -2.22. The predicted octanol–water partition coefficient (Wildman–Crippen LogP) is 5.42. The Kier molecular flexibility index (Phi) is 6.26. The van der Waals surface area contributed by atoms with E-state index in [1.54, 1.807) is 31.4 Å². The van der Waals surface area contributed by atoms with Gasteiger partial charge in [-0.05, 0) is 40.6 Å². The molecule has 1 aliphatic heterocycles. The number of methoxy groups -OCH3 is 1. The Morgan fingerprint density at radius 1 is 0.971 bits per heavy atom. The second-order valence-corrected chi connectivity index (χ2v) is 8.28. The molecule has 1 aliphatic rings. The monoisotopic (exact) mass is 464 g/mol. The van der Waals surface area contributed by atoms with Crippen molar-refractivity contribution < 1.29 is 19.1 Å². The molecule has 1 amide bonds. The first-order chi connectivity index (χ1) is 17.2. The quantitative estimate of drug-likeness (QED) is 0.343. The van der Waals surface area contributed by atoms with Crippen LogP contribution in [0.15, 0.2) is 96.1 Å². The van der Waals surface area contributed by atoms with Crippen LogP contribution < -0.4 is 9.47 Å². The fourth-order valence-corrected chi connectivity index (χ4v) is 4.35. The summed E-state index contributed by atoms with van der Waals surface area (Å²) in [7, 11) is 1.62. The Labute approximate surface area is 203 Å². The molecule has 6 heteroatoms. The minimum atomic E-state index is -0.271. The minimum absolute atomic E-state index is 0.193. The highest BCUT2D eigenvalue weighted by molar-refractivity contribution is 6.12. The first-order valence-corrected chi connectivity index (χ1v) is 11.4. The van der Waals surface area contributed by atoms with Crippen molar-refractivity contribution in [3.05, 3.63) is 108 Å². The van der Waals surface area contributed by atoms with Gasteiger partial charge in [0.2, 0.25) is 0 Å². The Balaban J connectivity index is 1.46. The van der Waals surface area contributed by atoms with Crippen molar-refractivity contribution in [3.8, 4) is 11.5 Å². The van der Waals surface area contributed by atoms with Crippen LogP contribution in [0.2, 0.25) is 0 Å². The van der Waals surface area contributed by atoms with Crippen molar-refractivity contribution in [2.75, 3.05) is 13.7 Å². The molecule has 35 heavy (non-hydrogen) atoms. The third-order valence-electron chi connectivity index (χ3n) is 6.12. The van der Waals surface area contributed by atoms with Crippen LogP contribution in [0, 0.1) is 0 Å². The summed E-state index contributed by atoms with van der Waals surface area (Å²) >= 11 is 0. The van der Waals surface area contributed by atoms with Gasteiger partial charge in [-0.25, -0.2) is 5.01 Å². The number of carbonyl (C=O) groups is 2. The number of benzene rings is 4. The maximum absolute atomic E-state index is 13.3. The smallest absolute Gasteiger partial charge is 0.281 e. The molecule has 1 unspecified atom stereocenters. The zero-order valence-electron chi connectivity index (χ0n) is 19.3. The van der Waals surface area contributed by atoms with Gasteiger partial charge in [0.25, 0.3) is 5.91 Å². The fraction of sp³-hybridized carbons (Fsp3) is 0.138. The number of hydrogen-bond donors (Lipinski definition) is 0. The van der Waals surface area contributed by atoms with Gasteiger partial charge in [0, 0.05) is 17.5 Å². The molecule has 0 aliphatic carbocycles. The summed E-state index contributed by atoms with van der Waals surface area (Å²) in [5.74, 6) is 0.942. The van der Waals surface area contributed by atoms with Gasteiger partial charge in [-0.2, -0.15) is 5.10 Å². The SMILES string of the molecule is COc1ccc(C2CC(c3cccc4ccccc34)=NN2C(=O)COc2cccc(C=O)c2)cc1. The van der Waals surface area contributed by atoms with Crippen LogP contribution in [0.3, 0.4) is 0 Å². The van der Waals surface area contributed by atoms with Crippen LogP contribution in [0.25, 0.3) is 10.8 Å². The molecule has 0 aromatic heterocycles. The molecule has 1 heterocycles. The van der Waals surface area contributed by atoms with Crippen molar-refractivity contribution in [1.82, 2.24) is 5.01 Å². The van der Waals surface area contributed by atoms with Gasteiger partial charge in [0.1, 0.15) is 17.8 Å². The molecular formula is C29H24N2O4. The molecule has 5 rings (SSSR count). The van der Waals surface area contributed by atoms with Gasteiger partial charge < -0.3 is 9.47 Å². The number of ether oxygens (including phenoxy) is 2. The molecule has 0 fully saturated rings. The largest absolute Gasteiger partial charge is 0.497 e. The molecule has 4 aromatic carbocycles. The summed E-state index contributed by atoms with van der Waals surface area (Å²) in [4.78, 5) is 24.4. The van der Waals surface area contributed by atoms with E-state index in [0.717, 1.165) is 39.6 Å². The van der Waals surface area contributed by atoms with Gasteiger partial charge in [-0.15, -0.1) is 0 Å². The van der Waals surface area contributed by atoms with E-state index < -0.39 is 0 Å². The standard InChI is InChI=1S/C29H24N2O4/c1-34-23-14-12-22(13-15-23)28-17-27(26-11-5-8-21-7-2-3-10-25(21)26)30-31(28)29(33)19-35-24-9-4-6-20(16-24)18-32/h2-16,18,28H,17,19H2,1H3. The molecule has 0 saturated heterocycles. The number of rotatable bonds is 7. The maximum Gasteiger partial charge on any atom is 0.281 e. The Hall–Kier alpha value is -4.45. The summed E-state index contributed by atoms with van der Waals surface area (Å²) in [6, 6.07) is 28.4. The summed E-state index contributed by atoms with van der Waals surface area (Å²) in [6.07, 6.45) is 1.32. The Morgan fingerprint density at radius 2 is 1.74 bits per heavy atom. The van der Waals surface area contributed by atoms with E-state index in [-0.39, 0.29) is 18.6 Å².